The maximum atomic E-state index is 10.4. The van der Waals surface area contributed by atoms with Crippen LogP contribution in [0.5, 0.6) is 5.75 Å². The van der Waals surface area contributed by atoms with Gasteiger partial charge in [0.1, 0.15) is 12.0 Å². The first-order chi connectivity index (χ1) is 6.19. The van der Waals surface area contributed by atoms with Crippen LogP contribution in [0.1, 0.15) is 16.7 Å². The van der Waals surface area contributed by atoms with Gasteiger partial charge in [0.05, 0.1) is 7.11 Å². The van der Waals surface area contributed by atoms with Crippen molar-refractivity contribution in [1.82, 2.24) is 0 Å². The van der Waals surface area contributed by atoms with Crippen molar-refractivity contribution in [2.75, 3.05) is 7.11 Å². The minimum Gasteiger partial charge on any atom is -0.496 e. The summed E-state index contributed by atoms with van der Waals surface area (Å²) in [5.41, 5.74) is 3.26. The lowest BCUT2D eigenvalue weighted by atomic mass is 10.0. The van der Waals surface area contributed by atoms with Gasteiger partial charge in [0.15, 0.2) is 0 Å². The van der Waals surface area contributed by atoms with Gasteiger partial charge in [-0.1, -0.05) is 6.07 Å². The van der Waals surface area contributed by atoms with E-state index >= 15 is 0 Å². The van der Waals surface area contributed by atoms with Crippen molar-refractivity contribution in [3.05, 3.63) is 28.8 Å². The molecule has 13 heavy (non-hydrogen) atoms. The highest BCUT2D eigenvalue weighted by Gasteiger charge is 2.06. The Morgan fingerprint density at radius 3 is 2.62 bits per heavy atom. The minimum absolute atomic E-state index is 0.426. The van der Waals surface area contributed by atoms with Gasteiger partial charge in [-0.05, 0) is 31.0 Å². The summed E-state index contributed by atoms with van der Waals surface area (Å²) >= 11 is 0. The number of methoxy groups -OCH3 is 1. The highest BCUT2D eigenvalue weighted by molar-refractivity contribution is 5.59. The molecule has 0 N–H and O–H groups in total. The first-order valence-electron chi connectivity index (χ1n) is 4.26. The fraction of sp³-hybridized carbons (Fsp3) is 0.364. The molecule has 1 aromatic carbocycles. The molecule has 0 fully saturated rings. The van der Waals surface area contributed by atoms with Gasteiger partial charge in [-0.25, -0.2) is 0 Å². The van der Waals surface area contributed by atoms with E-state index in [0.29, 0.717) is 6.42 Å². The molecule has 0 unspecified atom stereocenters. The zero-order valence-corrected chi connectivity index (χ0v) is 8.26. The molecule has 2 heteroatoms. The van der Waals surface area contributed by atoms with E-state index in [0.717, 1.165) is 28.7 Å². The fourth-order valence-electron chi connectivity index (χ4n) is 1.49. The molecule has 0 heterocycles. The van der Waals surface area contributed by atoms with E-state index < -0.39 is 0 Å². The van der Waals surface area contributed by atoms with Gasteiger partial charge in [0.25, 0.3) is 0 Å². The van der Waals surface area contributed by atoms with E-state index in [1.807, 2.05) is 19.9 Å². The van der Waals surface area contributed by atoms with E-state index in [1.165, 1.54) is 0 Å². The molecule has 0 radical (unpaired) electrons. The van der Waals surface area contributed by atoms with Crippen molar-refractivity contribution in [2.24, 2.45) is 0 Å². The second kappa shape index (κ2) is 4.08. The molecule has 0 aliphatic rings. The summed E-state index contributed by atoms with van der Waals surface area (Å²) in [6, 6.07) is 4.01. The zero-order chi connectivity index (χ0) is 9.84. The van der Waals surface area contributed by atoms with Gasteiger partial charge in [-0.15, -0.1) is 0 Å². The number of rotatable bonds is 3. The van der Waals surface area contributed by atoms with Crippen molar-refractivity contribution in [3.8, 4) is 5.75 Å². The van der Waals surface area contributed by atoms with E-state index in [2.05, 4.69) is 6.07 Å². The van der Waals surface area contributed by atoms with Crippen molar-refractivity contribution < 1.29 is 9.53 Å². The normalized spacial score (nSPS) is 9.77. The van der Waals surface area contributed by atoms with E-state index in [4.69, 9.17) is 4.74 Å². The predicted molar refractivity (Wildman–Crippen MR) is 52.2 cm³/mol. The smallest absolute Gasteiger partial charge is 0.124 e. The summed E-state index contributed by atoms with van der Waals surface area (Å²) in [5, 5.41) is 0. The lowest BCUT2D eigenvalue weighted by Gasteiger charge is -2.10. The largest absolute Gasteiger partial charge is 0.496 e. The van der Waals surface area contributed by atoms with Crippen LogP contribution in [0.2, 0.25) is 0 Å². The standard InChI is InChI=1S/C11H14O2/c1-8-6-9(2)10(4-5-12)11(7-8)13-3/h5-7H,4H2,1-3H3. The highest BCUT2D eigenvalue weighted by atomic mass is 16.5. The molecule has 0 bridgehead atoms. The molecular formula is C11H14O2. The molecular weight excluding hydrogens is 164 g/mol. The third-order valence-electron chi connectivity index (χ3n) is 2.08. The maximum absolute atomic E-state index is 10.4. The van der Waals surface area contributed by atoms with Crippen molar-refractivity contribution in [1.29, 1.82) is 0 Å². The monoisotopic (exact) mass is 178 g/mol. The first-order valence-corrected chi connectivity index (χ1v) is 4.26. The van der Waals surface area contributed by atoms with Gasteiger partial charge in [0, 0.05) is 12.0 Å². The summed E-state index contributed by atoms with van der Waals surface area (Å²) in [6.45, 7) is 4.01. The Balaban J connectivity index is 3.20. The Kier molecular flexibility index (Phi) is 3.07. The average molecular weight is 178 g/mol. The number of ether oxygens (including phenoxy) is 1. The molecule has 0 aliphatic carbocycles. The Bertz CT molecular complexity index is 316. The lowest BCUT2D eigenvalue weighted by molar-refractivity contribution is -0.107. The number of carbonyl (C=O) groups excluding carboxylic acids is 1. The number of hydrogen-bond acceptors (Lipinski definition) is 2. The number of carbonyl (C=O) groups is 1. The van der Waals surface area contributed by atoms with Gasteiger partial charge in [-0.3, -0.25) is 0 Å². The maximum Gasteiger partial charge on any atom is 0.124 e. The van der Waals surface area contributed by atoms with Gasteiger partial charge in [-0.2, -0.15) is 0 Å². The minimum atomic E-state index is 0.426. The van der Waals surface area contributed by atoms with E-state index in [1.54, 1.807) is 7.11 Å². The molecule has 1 aromatic rings. The molecule has 1 rings (SSSR count). The van der Waals surface area contributed by atoms with Gasteiger partial charge < -0.3 is 9.53 Å². The van der Waals surface area contributed by atoms with Crippen LogP contribution in [0.15, 0.2) is 12.1 Å². The number of aryl methyl sites for hydroxylation is 2. The summed E-state index contributed by atoms with van der Waals surface area (Å²) in [6.07, 6.45) is 1.33. The van der Waals surface area contributed by atoms with Crippen LogP contribution in [-0.2, 0) is 11.2 Å². The SMILES string of the molecule is COc1cc(C)cc(C)c1CC=O. The molecule has 0 spiro atoms. The Morgan fingerprint density at radius 1 is 1.38 bits per heavy atom. The second-order valence-electron chi connectivity index (χ2n) is 3.13. The third kappa shape index (κ3) is 2.08. The number of hydrogen-bond donors (Lipinski definition) is 0. The van der Waals surface area contributed by atoms with Crippen molar-refractivity contribution in [3.63, 3.8) is 0 Å². The summed E-state index contributed by atoms with van der Waals surface area (Å²) in [5.74, 6) is 0.810. The summed E-state index contributed by atoms with van der Waals surface area (Å²) in [7, 11) is 1.63. The number of aldehydes is 1. The zero-order valence-electron chi connectivity index (χ0n) is 8.26. The van der Waals surface area contributed by atoms with Crippen molar-refractivity contribution >= 4 is 6.29 Å². The summed E-state index contributed by atoms with van der Waals surface area (Å²) < 4.78 is 5.20. The molecule has 70 valence electrons. The lowest BCUT2D eigenvalue weighted by Crippen LogP contribution is -1.97. The third-order valence-corrected chi connectivity index (χ3v) is 2.08. The van der Waals surface area contributed by atoms with E-state index in [-0.39, 0.29) is 0 Å². The molecule has 0 amide bonds. The van der Waals surface area contributed by atoms with Crippen LogP contribution in [-0.4, -0.2) is 13.4 Å². The van der Waals surface area contributed by atoms with Gasteiger partial charge in [0.2, 0.25) is 0 Å². The molecule has 2 nitrogen and oxygen atoms in total. The van der Waals surface area contributed by atoms with Crippen LogP contribution in [0.4, 0.5) is 0 Å². The molecule has 0 saturated carbocycles. The van der Waals surface area contributed by atoms with E-state index in [9.17, 15) is 4.79 Å². The average Bonchev–Trinajstić information content (AvgIpc) is 2.09. The Labute approximate surface area is 78.5 Å². The fourth-order valence-corrected chi connectivity index (χ4v) is 1.49. The quantitative estimate of drug-likeness (QED) is 0.662. The highest BCUT2D eigenvalue weighted by Crippen LogP contribution is 2.23. The van der Waals surface area contributed by atoms with Crippen LogP contribution < -0.4 is 4.74 Å². The predicted octanol–water partition coefficient (Wildman–Crippen LogP) is 2.05. The van der Waals surface area contributed by atoms with Gasteiger partial charge >= 0.3 is 0 Å². The van der Waals surface area contributed by atoms with Crippen LogP contribution in [0.25, 0.3) is 0 Å². The van der Waals surface area contributed by atoms with Crippen LogP contribution >= 0.6 is 0 Å². The molecule has 0 saturated heterocycles. The Hall–Kier alpha value is -1.31. The second-order valence-corrected chi connectivity index (χ2v) is 3.13. The topological polar surface area (TPSA) is 26.3 Å². The Morgan fingerprint density at radius 2 is 2.08 bits per heavy atom. The molecule has 0 aliphatic heterocycles. The summed E-state index contributed by atoms with van der Waals surface area (Å²) in [4.78, 5) is 10.4. The molecule has 0 aromatic heterocycles. The molecule has 0 atom stereocenters. The van der Waals surface area contributed by atoms with Crippen LogP contribution in [0, 0.1) is 13.8 Å². The van der Waals surface area contributed by atoms with Crippen molar-refractivity contribution in [2.45, 2.75) is 20.3 Å². The van der Waals surface area contributed by atoms with Crippen LogP contribution in [0.3, 0.4) is 0 Å². The first kappa shape index (κ1) is 9.78. The number of benzene rings is 1.